The standard InChI is InChI=1S/C28H32N2O2/c31-24-16-22-10-5-11-25(22)26(17-24)27(32)14-13-23-19-30-18-21(12-15-28(30)29-23)9-4-8-20-6-2-1-3-7-20/h5,11-12,15-20,31H,1-4,6-10,13-14H2. The van der Waals surface area contributed by atoms with Gasteiger partial charge in [0.05, 0.1) is 5.69 Å². The van der Waals surface area contributed by atoms with Gasteiger partial charge >= 0.3 is 0 Å². The highest BCUT2D eigenvalue weighted by Gasteiger charge is 2.18. The van der Waals surface area contributed by atoms with Crippen molar-refractivity contribution in [3.05, 3.63) is 70.7 Å². The Morgan fingerprint density at radius 2 is 1.97 bits per heavy atom. The van der Waals surface area contributed by atoms with E-state index in [0.29, 0.717) is 18.4 Å². The first-order chi connectivity index (χ1) is 15.7. The van der Waals surface area contributed by atoms with E-state index in [4.69, 9.17) is 4.98 Å². The lowest BCUT2D eigenvalue weighted by atomic mass is 9.85. The maximum Gasteiger partial charge on any atom is 0.164 e. The number of hydrogen-bond donors (Lipinski definition) is 1. The van der Waals surface area contributed by atoms with Gasteiger partial charge in [-0.25, -0.2) is 4.98 Å². The third kappa shape index (κ3) is 4.64. The quantitative estimate of drug-likeness (QED) is 0.427. The highest BCUT2D eigenvalue weighted by Crippen LogP contribution is 2.30. The first kappa shape index (κ1) is 21.0. The van der Waals surface area contributed by atoms with Gasteiger partial charge in [0.15, 0.2) is 5.78 Å². The highest BCUT2D eigenvalue weighted by atomic mass is 16.3. The van der Waals surface area contributed by atoms with E-state index < -0.39 is 0 Å². The topological polar surface area (TPSA) is 54.6 Å². The summed E-state index contributed by atoms with van der Waals surface area (Å²) in [5.41, 5.74) is 5.83. The molecule has 0 aliphatic heterocycles. The molecule has 1 fully saturated rings. The van der Waals surface area contributed by atoms with Gasteiger partial charge in [0.25, 0.3) is 0 Å². The van der Waals surface area contributed by atoms with Crippen molar-refractivity contribution in [1.82, 2.24) is 9.38 Å². The SMILES string of the molecule is O=C(CCc1cn2cc(CCCC3CCCCC3)ccc2n1)c1cc(O)cc2c1C=CC2. The second kappa shape index (κ2) is 9.32. The number of benzene rings is 1. The Balaban J connectivity index is 1.20. The minimum atomic E-state index is 0.0594. The molecule has 0 spiro atoms. The second-order valence-corrected chi connectivity index (χ2v) is 9.53. The summed E-state index contributed by atoms with van der Waals surface area (Å²) in [5, 5.41) is 9.97. The first-order valence-electron chi connectivity index (χ1n) is 12.2. The van der Waals surface area contributed by atoms with Crippen LogP contribution >= 0.6 is 0 Å². The number of aryl methyl sites for hydroxylation is 2. The normalized spacial score (nSPS) is 16.0. The van der Waals surface area contributed by atoms with Crippen molar-refractivity contribution in [3.63, 3.8) is 0 Å². The van der Waals surface area contributed by atoms with Gasteiger partial charge in [0.2, 0.25) is 0 Å². The van der Waals surface area contributed by atoms with Crippen molar-refractivity contribution >= 4 is 17.5 Å². The van der Waals surface area contributed by atoms with Crippen LogP contribution in [-0.4, -0.2) is 20.3 Å². The number of imidazole rings is 1. The molecule has 2 aromatic heterocycles. The minimum absolute atomic E-state index is 0.0594. The third-order valence-electron chi connectivity index (χ3n) is 7.15. The second-order valence-electron chi connectivity index (χ2n) is 9.53. The van der Waals surface area contributed by atoms with Gasteiger partial charge in [0, 0.05) is 24.4 Å². The number of nitrogens with zero attached hydrogens (tertiary/aromatic N) is 2. The average Bonchev–Trinajstić information content (AvgIpc) is 3.43. The zero-order chi connectivity index (χ0) is 21.9. The molecule has 1 aromatic carbocycles. The number of carbonyl (C=O) groups excluding carboxylic acids is 1. The van der Waals surface area contributed by atoms with Gasteiger partial charge in [-0.1, -0.05) is 56.7 Å². The van der Waals surface area contributed by atoms with Gasteiger partial charge in [-0.05, 0) is 66.5 Å². The van der Waals surface area contributed by atoms with Crippen molar-refractivity contribution < 1.29 is 9.90 Å². The zero-order valence-electron chi connectivity index (χ0n) is 18.7. The van der Waals surface area contributed by atoms with Crippen molar-refractivity contribution in [3.8, 4) is 5.75 Å². The van der Waals surface area contributed by atoms with E-state index in [1.165, 1.54) is 50.5 Å². The summed E-state index contributed by atoms with van der Waals surface area (Å²) in [7, 11) is 0. The van der Waals surface area contributed by atoms with Gasteiger partial charge in [-0.3, -0.25) is 4.79 Å². The molecule has 0 bridgehead atoms. The molecule has 32 heavy (non-hydrogen) atoms. The number of phenolic OH excluding ortho intramolecular Hbond substituents is 1. The van der Waals surface area contributed by atoms with Gasteiger partial charge in [-0.2, -0.15) is 0 Å². The van der Waals surface area contributed by atoms with Crippen LogP contribution in [0.4, 0.5) is 0 Å². The number of Topliss-reactive ketones (excluding diaryl/α,β-unsaturated/α-hetero) is 1. The summed E-state index contributed by atoms with van der Waals surface area (Å²) < 4.78 is 2.10. The lowest BCUT2D eigenvalue weighted by molar-refractivity contribution is 0.0982. The number of aromatic hydroxyl groups is 1. The van der Waals surface area contributed by atoms with E-state index in [2.05, 4.69) is 28.9 Å². The summed E-state index contributed by atoms with van der Waals surface area (Å²) in [6, 6.07) is 7.63. The Morgan fingerprint density at radius 3 is 2.84 bits per heavy atom. The summed E-state index contributed by atoms with van der Waals surface area (Å²) in [5.74, 6) is 1.16. The molecular formula is C28H32N2O2. The van der Waals surface area contributed by atoms with Crippen LogP contribution in [0.1, 0.15) is 84.1 Å². The van der Waals surface area contributed by atoms with Gasteiger partial charge in [-0.15, -0.1) is 0 Å². The maximum absolute atomic E-state index is 12.9. The van der Waals surface area contributed by atoms with Crippen LogP contribution in [0.25, 0.3) is 11.7 Å². The average molecular weight is 429 g/mol. The number of fused-ring (bicyclic) bond motifs is 2. The number of allylic oxidation sites excluding steroid dienone is 1. The maximum atomic E-state index is 12.9. The highest BCUT2D eigenvalue weighted by molar-refractivity contribution is 6.01. The Kier molecular flexibility index (Phi) is 6.11. The lowest BCUT2D eigenvalue weighted by Crippen LogP contribution is -2.06. The van der Waals surface area contributed by atoms with E-state index in [-0.39, 0.29) is 11.5 Å². The smallest absolute Gasteiger partial charge is 0.164 e. The molecule has 1 N–H and O–H groups in total. The monoisotopic (exact) mass is 428 g/mol. The molecule has 0 unspecified atom stereocenters. The van der Waals surface area contributed by atoms with Gasteiger partial charge in [0.1, 0.15) is 11.4 Å². The van der Waals surface area contributed by atoms with E-state index in [0.717, 1.165) is 41.2 Å². The molecule has 1 saturated carbocycles. The molecule has 4 nitrogen and oxygen atoms in total. The third-order valence-corrected chi connectivity index (χ3v) is 7.15. The Hall–Kier alpha value is -2.88. The van der Waals surface area contributed by atoms with Gasteiger partial charge < -0.3 is 9.51 Å². The molecule has 2 aliphatic carbocycles. The van der Waals surface area contributed by atoms with E-state index in [1.54, 1.807) is 12.1 Å². The number of ketones is 1. The fourth-order valence-electron chi connectivity index (χ4n) is 5.40. The van der Waals surface area contributed by atoms with Crippen LogP contribution in [0.15, 0.2) is 42.7 Å². The zero-order valence-corrected chi connectivity index (χ0v) is 18.7. The summed E-state index contributed by atoms with van der Waals surface area (Å²) >= 11 is 0. The molecule has 0 saturated heterocycles. The molecule has 3 aromatic rings. The molecular weight excluding hydrogens is 396 g/mol. The fourth-order valence-corrected chi connectivity index (χ4v) is 5.40. The van der Waals surface area contributed by atoms with Crippen LogP contribution < -0.4 is 0 Å². The van der Waals surface area contributed by atoms with Crippen LogP contribution in [0, 0.1) is 5.92 Å². The Morgan fingerprint density at radius 1 is 1.09 bits per heavy atom. The van der Waals surface area contributed by atoms with Crippen LogP contribution in [0.5, 0.6) is 5.75 Å². The van der Waals surface area contributed by atoms with Crippen molar-refractivity contribution in [2.45, 2.75) is 70.6 Å². The van der Waals surface area contributed by atoms with E-state index >= 15 is 0 Å². The molecule has 0 atom stereocenters. The molecule has 2 aliphatic rings. The molecule has 5 rings (SSSR count). The molecule has 166 valence electrons. The Labute approximate surface area is 190 Å². The van der Waals surface area contributed by atoms with Crippen molar-refractivity contribution in [2.75, 3.05) is 0 Å². The number of hydrogen-bond acceptors (Lipinski definition) is 3. The molecule has 0 radical (unpaired) electrons. The minimum Gasteiger partial charge on any atom is -0.508 e. The summed E-state index contributed by atoms with van der Waals surface area (Å²) in [6.07, 6.45) is 20.9. The van der Waals surface area contributed by atoms with E-state index in [1.807, 2.05) is 12.2 Å². The number of phenols is 1. The predicted octanol–water partition coefficient (Wildman–Crippen LogP) is 6.33. The predicted molar refractivity (Wildman–Crippen MR) is 128 cm³/mol. The number of rotatable bonds is 8. The Bertz CT molecular complexity index is 1150. The fraction of sp³-hybridized carbons (Fsp3) is 0.429. The molecule has 0 amide bonds. The summed E-state index contributed by atoms with van der Waals surface area (Å²) in [4.78, 5) is 17.6. The number of pyridine rings is 1. The van der Waals surface area contributed by atoms with Crippen molar-refractivity contribution in [2.24, 2.45) is 5.92 Å². The number of carbonyl (C=O) groups is 1. The van der Waals surface area contributed by atoms with Crippen LogP contribution in [-0.2, 0) is 19.3 Å². The largest absolute Gasteiger partial charge is 0.508 e. The molecule has 4 heteroatoms. The van der Waals surface area contributed by atoms with Crippen LogP contribution in [0.2, 0.25) is 0 Å². The lowest BCUT2D eigenvalue weighted by Gasteiger charge is -2.21. The number of aromatic nitrogens is 2. The van der Waals surface area contributed by atoms with E-state index in [9.17, 15) is 9.90 Å². The van der Waals surface area contributed by atoms with Crippen molar-refractivity contribution in [1.29, 1.82) is 0 Å². The van der Waals surface area contributed by atoms with Crippen LogP contribution in [0.3, 0.4) is 0 Å². The first-order valence-corrected chi connectivity index (χ1v) is 12.2. The molecule has 2 heterocycles. The summed E-state index contributed by atoms with van der Waals surface area (Å²) in [6.45, 7) is 0.